The molecule has 6 heteroatoms. The molecule has 0 fully saturated rings. The molecule has 1 aromatic carbocycles. The van der Waals surface area contributed by atoms with Gasteiger partial charge in [0.05, 0.1) is 12.3 Å². The minimum atomic E-state index is -3.76. The van der Waals surface area contributed by atoms with Crippen molar-refractivity contribution in [2.24, 2.45) is 5.14 Å². The Kier molecular flexibility index (Phi) is 3.54. The summed E-state index contributed by atoms with van der Waals surface area (Å²) in [6, 6.07) is 5.14. The number of hydrogen-bond acceptors (Lipinski definition) is 3. The maximum absolute atomic E-state index is 10.9. The van der Waals surface area contributed by atoms with Crippen LogP contribution >= 0.6 is 0 Å². The molecule has 0 saturated carbocycles. The summed E-state index contributed by atoms with van der Waals surface area (Å²) in [6.07, 6.45) is 0. The molecule has 0 heterocycles. The predicted molar refractivity (Wildman–Crippen MR) is 59.1 cm³/mol. The summed E-state index contributed by atoms with van der Waals surface area (Å²) >= 11 is 0. The topological polar surface area (TPSA) is 81.4 Å². The molecule has 0 aromatic heterocycles. The summed E-state index contributed by atoms with van der Waals surface area (Å²) in [5, 5.41) is 4.88. The average Bonchev–Trinajstić information content (AvgIpc) is 2.08. The van der Waals surface area contributed by atoms with Crippen LogP contribution in [0.25, 0.3) is 0 Å². The highest BCUT2D eigenvalue weighted by Gasteiger charge is 2.08. The van der Waals surface area contributed by atoms with Gasteiger partial charge in [0.25, 0.3) is 10.2 Å². The molecular weight excluding hydrogens is 216 g/mol. The van der Waals surface area contributed by atoms with E-state index in [0.717, 1.165) is 5.56 Å². The molecule has 5 nitrogen and oxygen atoms in total. The molecule has 3 N–H and O–H groups in total. The largest absolute Gasteiger partial charge is 0.492 e. The minimum Gasteiger partial charge on any atom is -0.492 e. The Hall–Kier alpha value is -1.27. The molecule has 1 rings (SSSR count). The third-order valence-electron chi connectivity index (χ3n) is 1.69. The monoisotopic (exact) mass is 230 g/mol. The second-order valence-electron chi connectivity index (χ2n) is 3.08. The van der Waals surface area contributed by atoms with Gasteiger partial charge in [0.15, 0.2) is 0 Å². The molecule has 1 aromatic rings. The molecule has 0 unspecified atom stereocenters. The molecule has 15 heavy (non-hydrogen) atoms. The third kappa shape index (κ3) is 3.77. The van der Waals surface area contributed by atoms with Gasteiger partial charge in [-0.1, -0.05) is 6.07 Å². The van der Waals surface area contributed by atoms with Gasteiger partial charge in [-0.3, -0.25) is 4.72 Å². The molecule has 0 aliphatic carbocycles. The van der Waals surface area contributed by atoms with Crippen LogP contribution in [0.4, 0.5) is 5.69 Å². The maximum Gasteiger partial charge on any atom is 0.296 e. The fourth-order valence-electron chi connectivity index (χ4n) is 1.14. The molecule has 84 valence electrons. The standard InChI is InChI=1S/C9H14N2O3S/c1-3-14-9-6-7(2)4-5-8(9)11-15(10,12)13/h4-6,11H,3H2,1-2H3,(H2,10,12,13). The zero-order valence-electron chi connectivity index (χ0n) is 8.65. The SMILES string of the molecule is CCOc1cc(C)ccc1NS(N)(=O)=O. The molecule has 0 aliphatic heterocycles. The number of rotatable bonds is 4. The molecule has 0 aliphatic rings. The molecule has 0 spiro atoms. The van der Waals surface area contributed by atoms with Crippen molar-refractivity contribution in [3.8, 4) is 5.75 Å². The smallest absolute Gasteiger partial charge is 0.296 e. The molecular formula is C9H14N2O3S. The van der Waals surface area contributed by atoms with E-state index in [1.807, 2.05) is 13.8 Å². The van der Waals surface area contributed by atoms with Gasteiger partial charge in [-0.2, -0.15) is 8.42 Å². The van der Waals surface area contributed by atoms with Gasteiger partial charge in [-0.15, -0.1) is 0 Å². The normalized spacial score (nSPS) is 11.1. The van der Waals surface area contributed by atoms with Crippen LogP contribution < -0.4 is 14.6 Å². The number of anilines is 1. The Morgan fingerprint density at radius 2 is 2.13 bits per heavy atom. The summed E-state index contributed by atoms with van der Waals surface area (Å²) in [6.45, 7) is 4.18. The lowest BCUT2D eigenvalue weighted by Gasteiger charge is -2.11. The Balaban J connectivity index is 3.05. The number of nitrogens with two attached hydrogens (primary N) is 1. The lowest BCUT2D eigenvalue weighted by atomic mass is 10.2. The van der Waals surface area contributed by atoms with Crippen LogP contribution in [-0.4, -0.2) is 15.0 Å². The highest BCUT2D eigenvalue weighted by molar-refractivity contribution is 7.90. The van der Waals surface area contributed by atoms with Gasteiger partial charge < -0.3 is 4.74 Å². The molecule has 0 atom stereocenters. The van der Waals surface area contributed by atoms with E-state index in [2.05, 4.69) is 4.72 Å². The van der Waals surface area contributed by atoms with Crippen LogP contribution in [0.3, 0.4) is 0 Å². The lowest BCUT2D eigenvalue weighted by Crippen LogP contribution is -2.22. The number of nitrogens with one attached hydrogen (secondary N) is 1. The van der Waals surface area contributed by atoms with Gasteiger partial charge in [0, 0.05) is 0 Å². The summed E-state index contributed by atoms with van der Waals surface area (Å²) in [4.78, 5) is 0. The molecule has 0 amide bonds. The van der Waals surface area contributed by atoms with E-state index in [4.69, 9.17) is 9.88 Å². The fourth-order valence-corrected chi connectivity index (χ4v) is 1.62. The van der Waals surface area contributed by atoms with Crippen LogP contribution in [0.1, 0.15) is 12.5 Å². The van der Waals surface area contributed by atoms with E-state index in [1.54, 1.807) is 18.2 Å². The lowest BCUT2D eigenvalue weighted by molar-refractivity contribution is 0.342. The zero-order chi connectivity index (χ0) is 11.5. The van der Waals surface area contributed by atoms with Crippen LogP contribution in [0.5, 0.6) is 5.75 Å². The Morgan fingerprint density at radius 1 is 1.47 bits per heavy atom. The first-order valence-electron chi connectivity index (χ1n) is 4.46. The van der Waals surface area contributed by atoms with Crippen LogP contribution in [-0.2, 0) is 10.2 Å². The summed E-state index contributed by atoms with van der Waals surface area (Å²) in [7, 11) is -3.76. The van der Waals surface area contributed by atoms with E-state index in [0.29, 0.717) is 18.0 Å². The quantitative estimate of drug-likeness (QED) is 0.809. The predicted octanol–water partition coefficient (Wildman–Crippen LogP) is 1.01. The van der Waals surface area contributed by atoms with Crippen molar-refractivity contribution in [2.75, 3.05) is 11.3 Å². The van der Waals surface area contributed by atoms with Gasteiger partial charge in [-0.05, 0) is 31.5 Å². The highest BCUT2D eigenvalue weighted by atomic mass is 32.2. The van der Waals surface area contributed by atoms with Gasteiger partial charge in [0.1, 0.15) is 5.75 Å². The maximum atomic E-state index is 10.9. The summed E-state index contributed by atoms with van der Waals surface area (Å²) in [5.74, 6) is 0.478. The van der Waals surface area contributed by atoms with Crippen molar-refractivity contribution >= 4 is 15.9 Å². The minimum absolute atomic E-state index is 0.352. The number of benzene rings is 1. The van der Waals surface area contributed by atoms with Gasteiger partial charge in [0.2, 0.25) is 0 Å². The number of aryl methyl sites for hydroxylation is 1. The number of hydrogen-bond donors (Lipinski definition) is 2. The average molecular weight is 230 g/mol. The van der Waals surface area contributed by atoms with Crippen molar-refractivity contribution < 1.29 is 13.2 Å². The summed E-state index contributed by atoms with van der Waals surface area (Å²) in [5.41, 5.74) is 1.34. The van der Waals surface area contributed by atoms with Crippen molar-refractivity contribution in [1.82, 2.24) is 0 Å². The second-order valence-corrected chi connectivity index (χ2v) is 4.37. The Labute approximate surface area is 89.4 Å². The Morgan fingerprint density at radius 3 is 2.67 bits per heavy atom. The molecule has 0 saturated heterocycles. The first kappa shape index (κ1) is 11.8. The third-order valence-corrected chi connectivity index (χ3v) is 2.19. The second kappa shape index (κ2) is 4.50. The van der Waals surface area contributed by atoms with E-state index in [-0.39, 0.29) is 0 Å². The summed E-state index contributed by atoms with van der Waals surface area (Å²) < 4.78 is 29.2. The van der Waals surface area contributed by atoms with Crippen LogP contribution in [0, 0.1) is 6.92 Å². The van der Waals surface area contributed by atoms with Crippen molar-refractivity contribution in [3.63, 3.8) is 0 Å². The first-order chi connectivity index (χ1) is 6.92. The van der Waals surface area contributed by atoms with Crippen molar-refractivity contribution in [1.29, 1.82) is 0 Å². The van der Waals surface area contributed by atoms with E-state index in [1.165, 1.54) is 0 Å². The van der Waals surface area contributed by atoms with Crippen molar-refractivity contribution in [2.45, 2.75) is 13.8 Å². The van der Waals surface area contributed by atoms with E-state index in [9.17, 15) is 8.42 Å². The van der Waals surface area contributed by atoms with E-state index < -0.39 is 10.2 Å². The number of ether oxygens (including phenoxy) is 1. The van der Waals surface area contributed by atoms with Crippen LogP contribution in [0.2, 0.25) is 0 Å². The van der Waals surface area contributed by atoms with Crippen molar-refractivity contribution in [3.05, 3.63) is 23.8 Å². The van der Waals surface area contributed by atoms with Gasteiger partial charge >= 0.3 is 0 Å². The fraction of sp³-hybridized carbons (Fsp3) is 0.333. The molecule has 0 radical (unpaired) electrons. The first-order valence-corrected chi connectivity index (χ1v) is 6.01. The Bertz CT molecular complexity index is 443. The zero-order valence-corrected chi connectivity index (χ0v) is 9.47. The highest BCUT2D eigenvalue weighted by Crippen LogP contribution is 2.26. The van der Waals surface area contributed by atoms with E-state index >= 15 is 0 Å². The van der Waals surface area contributed by atoms with Crippen LogP contribution in [0.15, 0.2) is 18.2 Å². The molecule has 0 bridgehead atoms. The van der Waals surface area contributed by atoms with Gasteiger partial charge in [-0.25, -0.2) is 5.14 Å².